The molecule has 4 N–H and O–H groups in total. The molecule has 3 aromatic carbocycles. The lowest BCUT2D eigenvalue weighted by Gasteiger charge is -2.32. The van der Waals surface area contributed by atoms with Gasteiger partial charge >= 0.3 is 6.09 Å². The molecule has 2 heterocycles. The molecule has 13 heteroatoms. The number of rotatable bonds is 10. The summed E-state index contributed by atoms with van der Waals surface area (Å²) in [6, 6.07) is 13.6. The van der Waals surface area contributed by atoms with E-state index in [1.165, 1.54) is 33.5 Å². The van der Waals surface area contributed by atoms with Gasteiger partial charge in [0.25, 0.3) is 0 Å². The van der Waals surface area contributed by atoms with Crippen LogP contribution in [0.15, 0.2) is 65.7 Å². The van der Waals surface area contributed by atoms with Gasteiger partial charge in [0.2, 0.25) is 5.91 Å². The van der Waals surface area contributed by atoms with Crippen LogP contribution in [0.1, 0.15) is 49.9 Å². The Labute approximate surface area is 267 Å². The number of carbonyl (C=O) groups is 2. The molecule has 1 aromatic heterocycles. The molecule has 1 saturated heterocycles. The zero-order chi connectivity index (χ0) is 33.2. The normalized spacial score (nSPS) is 15.5. The monoisotopic (exact) mass is 650 g/mol. The standard InChI is InChI=1S/C33H38N4O8S/c1-19(2)46(41,42)29-13-11-23(36-33(40)45-5)17-25(29)26-7-6-14-37(26)32(39)30(20-9-12-27(43-3)28(15-20)44-4)35-22-10-8-21-18-34-31(38)24(21)16-22/h8-13,15-19,26,30,34-35,38H,6-7,14H2,1-5H3,(H,36,40)/t26-,30-/m1/s1. The lowest BCUT2D eigenvalue weighted by molar-refractivity contribution is -0.133. The summed E-state index contributed by atoms with van der Waals surface area (Å²) in [7, 11) is 0.518. The molecule has 1 aliphatic heterocycles. The molecule has 1 fully saturated rings. The topological polar surface area (TPSA) is 159 Å². The van der Waals surface area contributed by atoms with Gasteiger partial charge in [0.1, 0.15) is 6.04 Å². The molecular formula is C33H38N4O8S. The number of H-pyrrole nitrogens is 1. The highest BCUT2D eigenvalue weighted by molar-refractivity contribution is 7.92. The zero-order valence-electron chi connectivity index (χ0n) is 26.3. The molecule has 12 nitrogen and oxygen atoms in total. The van der Waals surface area contributed by atoms with E-state index < -0.39 is 33.3 Å². The van der Waals surface area contributed by atoms with Gasteiger partial charge in [0.05, 0.1) is 37.5 Å². The van der Waals surface area contributed by atoms with Crippen molar-refractivity contribution in [3.63, 3.8) is 0 Å². The van der Waals surface area contributed by atoms with Crippen molar-refractivity contribution in [3.05, 3.63) is 71.9 Å². The maximum absolute atomic E-state index is 14.7. The van der Waals surface area contributed by atoms with Gasteiger partial charge in [0.15, 0.2) is 27.2 Å². The second kappa shape index (κ2) is 13.2. The van der Waals surface area contributed by atoms with E-state index in [1.54, 1.807) is 55.3 Å². The molecule has 0 saturated carbocycles. The van der Waals surface area contributed by atoms with Crippen LogP contribution in [-0.4, -0.2) is 68.5 Å². The number of ether oxygens (including phenoxy) is 3. The van der Waals surface area contributed by atoms with Crippen LogP contribution in [0, 0.1) is 0 Å². The first kappa shape index (κ1) is 32.5. The summed E-state index contributed by atoms with van der Waals surface area (Å²) in [4.78, 5) is 31.3. The molecule has 0 unspecified atom stereocenters. The molecule has 0 radical (unpaired) electrons. The fraction of sp³-hybridized carbons (Fsp3) is 0.333. The van der Waals surface area contributed by atoms with E-state index in [9.17, 15) is 23.1 Å². The Morgan fingerprint density at radius 3 is 2.41 bits per heavy atom. The third kappa shape index (κ3) is 6.27. The van der Waals surface area contributed by atoms with Crippen LogP contribution < -0.4 is 20.1 Å². The Morgan fingerprint density at radius 1 is 0.978 bits per heavy atom. The maximum atomic E-state index is 14.7. The van der Waals surface area contributed by atoms with Crippen LogP contribution in [0.25, 0.3) is 10.8 Å². The number of hydrogen-bond acceptors (Lipinski definition) is 9. The predicted molar refractivity (Wildman–Crippen MR) is 174 cm³/mol. The molecule has 0 aliphatic carbocycles. The number of aromatic hydroxyl groups is 1. The summed E-state index contributed by atoms with van der Waals surface area (Å²) in [5, 5.41) is 16.9. The van der Waals surface area contributed by atoms with E-state index in [0.29, 0.717) is 58.8 Å². The van der Waals surface area contributed by atoms with Crippen molar-refractivity contribution >= 4 is 44.0 Å². The molecule has 46 heavy (non-hydrogen) atoms. The van der Waals surface area contributed by atoms with Crippen molar-refractivity contribution in [2.75, 3.05) is 38.5 Å². The van der Waals surface area contributed by atoms with Gasteiger partial charge < -0.3 is 34.5 Å². The summed E-state index contributed by atoms with van der Waals surface area (Å²) >= 11 is 0. The summed E-state index contributed by atoms with van der Waals surface area (Å²) in [5.41, 5.74) is 1.93. The van der Waals surface area contributed by atoms with E-state index in [-0.39, 0.29) is 16.7 Å². The second-order valence-corrected chi connectivity index (χ2v) is 13.8. The molecule has 2 amide bonds. The fourth-order valence-electron chi connectivity index (χ4n) is 5.78. The lowest BCUT2D eigenvalue weighted by atomic mass is 10.0. The highest BCUT2D eigenvalue weighted by atomic mass is 32.2. The third-order valence-electron chi connectivity index (χ3n) is 8.24. The first-order valence-electron chi connectivity index (χ1n) is 14.8. The number of nitrogens with zero attached hydrogens (tertiary/aromatic N) is 1. The minimum atomic E-state index is -3.76. The van der Waals surface area contributed by atoms with Crippen molar-refractivity contribution < 1.29 is 37.3 Å². The first-order valence-corrected chi connectivity index (χ1v) is 16.3. The molecule has 4 aromatic rings. The van der Waals surface area contributed by atoms with Crippen molar-refractivity contribution in [2.24, 2.45) is 0 Å². The molecule has 0 spiro atoms. The Kier molecular flexibility index (Phi) is 9.33. The summed E-state index contributed by atoms with van der Waals surface area (Å²) in [6.45, 7) is 3.59. The van der Waals surface area contributed by atoms with E-state index in [2.05, 4.69) is 15.6 Å². The maximum Gasteiger partial charge on any atom is 0.411 e. The van der Waals surface area contributed by atoms with E-state index in [0.717, 1.165) is 5.39 Å². The van der Waals surface area contributed by atoms with Crippen LogP contribution >= 0.6 is 0 Å². The third-order valence-corrected chi connectivity index (χ3v) is 10.5. The van der Waals surface area contributed by atoms with E-state index in [4.69, 9.17) is 14.2 Å². The number of nitrogens with one attached hydrogen (secondary N) is 3. The fourth-order valence-corrected chi connectivity index (χ4v) is 7.06. The number of sulfone groups is 1. The van der Waals surface area contributed by atoms with Crippen molar-refractivity contribution in [1.29, 1.82) is 0 Å². The Hall–Kier alpha value is -4.91. The number of amides is 2. The van der Waals surface area contributed by atoms with Gasteiger partial charge in [-0.15, -0.1) is 0 Å². The minimum absolute atomic E-state index is 0.00610. The summed E-state index contributed by atoms with van der Waals surface area (Å²) in [6.07, 6.45) is 2.13. The minimum Gasteiger partial charge on any atom is -0.494 e. The molecule has 244 valence electrons. The Morgan fingerprint density at radius 2 is 1.72 bits per heavy atom. The van der Waals surface area contributed by atoms with Crippen molar-refractivity contribution in [2.45, 2.75) is 48.9 Å². The number of aromatic nitrogens is 1. The van der Waals surface area contributed by atoms with Gasteiger partial charge in [-0.25, -0.2) is 13.2 Å². The summed E-state index contributed by atoms with van der Waals surface area (Å²) < 4.78 is 42.8. The smallest absolute Gasteiger partial charge is 0.411 e. The van der Waals surface area contributed by atoms with Crippen LogP contribution in [0.3, 0.4) is 0 Å². The predicted octanol–water partition coefficient (Wildman–Crippen LogP) is 5.77. The number of anilines is 2. The molecule has 0 bridgehead atoms. The Bertz CT molecular complexity index is 1870. The van der Waals surface area contributed by atoms with Gasteiger partial charge in [-0.1, -0.05) is 12.1 Å². The molecule has 1 aliphatic rings. The average Bonchev–Trinajstić information content (AvgIpc) is 3.69. The van der Waals surface area contributed by atoms with Gasteiger partial charge in [-0.2, -0.15) is 0 Å². The SMILES string of the molecule is COC(=O)Nc1ccc(S(=O)(=O)C(C)C)c([C@H]2CCCN2C(=O)[C@H](Nc2ccc3c[nH]c(O)c3c2)c2ccc(OC)c(OC)c2)c1. The number of aromatic amines is 1. The van der Waals surface area contributed by atoms with Gasteiger partial charge in [0, 0.05) is 34.9 Å². The van der Waals surface area contributed by atoms with Crippen molar-refractivity contribution in [3.8, 4) is 17.4 Å². The highest BCUT2D eigenvalue weighted by Gasteiger charge is 2.38. The number of methoxy groups -OCH3 is 3. The van der Waals surface area contributed by atoms with E-state index >= 15 is 0 Å². The van der Waals surface area contributed by atoms with Gasteiger partial charge in [-0.3, -0.25) is 10.1 Å². The number of hydrogen-bond donors (Lipinski definition) is 4. The Balaban J connectivity index is 1.60. The van der Waals surface area contributed by atoms with Crippen molar-refractivity contribution in [1.82, 2.24) is 9.88 Å². The number of fused-ring (bicyclic) bond motifs is 1. The number of likely N-dealkylation sites (tertiary alicyclic amines) is 1. The molecule has 5 rings (SSSR count). The quantitative estimate of drug-likeness (QED) is 0.167. The van der Waals surface area contributed by atoms with Gasteiger partial charge in [-0.05, 0) is 80.3 Å². The van der Waals surface area contributed by atoms with Crippen LogP contribution in [0.2, 0.25) is 0 Å². The average molecular weight is 651 g/mol. The van der Waals surface area contributed by atoms with Crippen LogP contribution in [0.4, 0.5) is 16.2 Å². The number of carbonyl (C=O) groups excluding carboxylic acids is 2. The number of benzene rings is 3. The van der Waals surface area contributed by atoms with E-state index in [1.807, 2.05) is 12.1 Å². The largest absolute Gasteiger partial charge is 0.494 e. The molecular weight excluding hydrogens is 612 g/mol. The lowest BCUT2D eigenvalue weighted by Crippen LogP contribution is -2.38. The zero-order valence-corrected chi connectivity index (χ0v) is 27.1. The van der Waals surface area contributed by atoms with Crippen LogP contribution in [-0.2, 0) is 19.4 Å². The molecule has 2 atom stereocenters. The van der Waals surface area contributed by atoms with Crippen LogP contribution in [0.5, 0.6) is 17.4 Å². The highest BCUT2D eigenvalue weighted by Crippen LogP contribution is 2.41. The summed E-state index contributed by atoms with van der Waals surface area (Å²) in [5.74, 6) is 0.635. The first-order chi connectivity index (χ1) is 22.0. The second-order valence-electron chi connectivity index (χ2n) is 11.3.